The molecule has 7 rings (SSSR count). The minimum atomic E-state index is -0.643. The van der Waals surface area contributed by atoms with E-state index in [0.717, 1.165) is 36.4 Å². The van der Waals surface area contributed by atoms with Gasteiger partial charge in [-0.1, -0.05) is 29.8 Å². The molecule has 3 aliphatic heterocycles. The first kappa shape index (κ1) is 22.7. The van der Waals surface area contributed by atoms with Crippen molar-refractivity contribution in [3.63, 3.8) is 0 Å². The lowest BCUT2D eigenvalue weighted by molar-refractivity contribution is -0.190. The van der Waals surface area contributed by atoms with Crippen molar-refractivity contribution in [2.45, 2.75) is 25.0 Å². The number of carbonyl (C=O) groups is 1. The number of hydrogen-bond acceptors (Lipinski definition) is 8. The minimum Gasteiger partial charge on any atom is -0.451 e. The van der Waals surface area contributed by atoms with Gasteiger partial charge in [0, 0.05) is 30.0 Å². The number of ether oxygens (including phenoxy) is 1. The Balaban J connectivity index is 1.25. The highest BCUT2D eigenvalue weighted by Crippen LogP contribution is 2.52. The molecule has 2 aromatic carbocycles. The van der Waals surface area contributed by atoms with E-state index in [0.29, 0.717) is 29.8 Å². The fourth-order valence-electron chi connectivity index (χ4n) is 5.72. The standard InChI is InChI=1S/C28H24ClN5O2S/c1-33-8-6-20-18(14-33)10-19(11-21(20)17-7-9-37-15-17)31-27-30-13-23(29)26(32-27)34-16-28(12-25(35)36-28)22-4-2-3-5-24(22)34/h2-5,7,9-11,13,15H,6,8,12,14,16H2,1H3,(H,30,31,32). The van der Waals surface area contributed by atoms with Gasteiger partial charge in [0.2, 0.25) is 5.95 Å². The van der Waals surface area contributed by atoms with E-state index in [1.165, 1.54) is 22.3 Å². The lowest BCUT2D eigenvalue weighted by Crippen LogP contribution is -2.47. The average molecular weight is 530 g/mol. The zero-order valence-electron chi connectivity index (χ0n) is 20.2. The zero-order valence-corrected chi connectivity index (χ0v) is 21.8. The maximum atomic E-state index is 11.8. The van der Waals surface area contributed by atoms with E-state index in [1.54, 1.807) is 17.5 Å². The first-order chi connectivity index (χ1) is 18.0. The van der Waals surface area contributed by atoms with E-state index in [9.17, 15) is 4.79 Å². The number of fused-ring (bicyclic) bond motifs is 3. The Morgan fingerprint density at radius 1 is 1.22 bits per heavy atom. The summed E-state index contributed by atoms with van der Waals surface area (Å²) in [6.07, 6.45) is 3.00. The molecule has 37 heavy (non-hydrogen) atoms. The Labute approximate surface area is 223 Å². The molecule has 1 N–H and O–H groups in total. The summed E-state index contributed by atoms with van der Waals surface area (Å²) in [5.41, 5.74) is 7.44. The molecule has 9 heteroatoms. The third-order valence-corrected chi connectivity index (χ3v) is 8.38. The third-order valence-electron chi connectivity index (χ3n) is 7.43. The maximum Gasteiger partial charge on any atom is 0.311 e. The Hall–Kier alpha value is -3.46. The van der Waals surface area contributed by atoms with Crippen molar-refractivity contribution < 1.29 is 9.53 Å². The van der Waals surface area contributed by atoms with Crippen LogP contribution in [0, 0.1) is 0 Å². The monoisotopic (exact) mass is 529 g/mol. The maximum absolute atomic E-state index is 11.8. The van der Waals surface area contributed by atoms with Crippen LogP contribution in [0.3, 0.4) is 0 Å². The fraction of sp³-hybridized carbons (Fsp3) is 0.250. The van der Waals surface area contributed by atoms with Crippen molar-refractivity contribution in [1.29, 1.82) is 0 Å². The van der Waals surface area contributed by atoms with Crippen LogP contribution in [0.25, 0.3) is 11.1 Å². The van der Waals surface area contributed by atoms with Crippen molar-refractivity contribution in [2.24, 2.45) is 0 Å². The highest BCUT2D eigenvalue weighted by Gasteiger charge is 2.55. The molecule has 186 valence electrons. The summed E-state index contributed by atoms with van der Waals surface area (Å²) >= 11 is 8.33. The lowest BCUT2D eigenvalue weighted by atomic mass is 9.88. The number of nitrogens with zero attached hydrogens (tertiary/aromatic N) is 4. The van der Waals surface area contributed by atoms with Gasteiger partial charge in [-0.3, -0.25) is 4.79 Å². The van der Waals surface area contributed by atoms with Crippen molar-refractivity contribution in [1.82, 2.24) is 14.9 Å². The number of para-hydroxylation sites is 1. The van der Waals surface area contributed by atoms with E-state index in [2.05, 4.69) is 51.2 Å². The van der Waals surface area contributed by atoms with Gasteiger partial charge in [-0.15, -0.1) is 0 Å². The zero-order chi connectivity index (χ0) is 25.1. The van der Waals surface area contributed by atoms with Gasteiger partial charge in [0.05, 0.1) is 19.2 Å². The first-order valence-corrected chi connectivity index (χ1v) is 13.6. The molecule has 0 aliphatic carbocycles. The van der Waals surface area contributed by atoms with Gasteiger partial charge in [-0.2, -0.15) is 16.3 Å². The van der Waals surface area contributed by atoms with E-state index in [-0.39, 0.29) is 5.97 Å². The molecule has 7 nitrogen and oxygen atoms in total. The van der Waals surface area contributed by atoms with Gasteiger partial charge < -0.3 is 19.9 Å². The molecule has 0 radical (unpaired) electrons. The number of anilines is 4. The minimum absolute atomic E-state index is 0.188. The molecule has 1 saturated heterocycles. The van der Waals surface area contributed by atoms with Crippen LogP contribution in [0.1, 0.15) is 23.1 Å². The van der Waals surface area contributed by atoms with Crippen LogP contribution in [-0.2, 0) is 28.1 Å². The molecule has 1 fully saturated rings. The highest BCUT2D eigenvalue weighted by molar-refractivity contribution is 7.08. The van der Waals surface area contributed by atoms with Crippen LogP contribution in [0.5, 0.6) is 0 Å². The predicted molar refractivity (Wildman–Crippen MR) is 146 cm³/mol. The molecule has 5 heterocycles. The molecule has 1 atom stereocenters. The summed E-state index contributed by atoms with van der Waals surface area (Å²) in [6.45, 7) is 2.43. The van der Waals surface area contributed by atoms with Crippen molar-refractivity contribution in [2.75, 3.05) is 30.4 Å². The highest BCUT2D eigenvalue weighted by atomic mass is 35.5. The molecule has 4 aromatic rings. The van der Waals surface area contributed by atoms with Crippen LogP contribution in [0.15, 0.2) is 59.4 Å². The number of hydrogen-bond donors (Lipinski definition) is 1. The number of carbonyl (C=O) groups excluding carboxylic acids is 1. The largest absolute Gasteiger partial charge is 0.451 e. The molecule has 1 unspecified atom stereocenters. The van der Waals surface area contributed by atoms with Crippen molar-refractivity contribution in [3.8, 4) is 11.1 Å². The van der Waals surface area contributed by atoms with Gasteiger partial charge in [-0.25, -0.2) is 4.98 Å². The normalized spacial score (nSPS) is 20.4. The van der Waals surface area contributed by atoms with E-state index >= 15 is 0 Å². The lowest BCUT2D eigenvalue weighted by Gasteiger charge is -2.37. The van der Waals surface area contributed by atoms with Crippen molar-refractivity contribution >= 4 is 52.0 Å². The Kier molecular flexibility index (Phi) is 5.25. The topological polar surface area (TPSA) is 70.6 Å². The van der Waals surface area contributed by atoms with Crippen LogP contribution >= 0.6 is 22.9 Å². The van der Waals surface area contributed by atoms with Crippen molar-refractivity contribution in [3.05, 3.63) is 81.1 Å². The second-order valence-electron chi connectivity index (χ2n) is 9.90. The number of likely N-dealkylation sites (N-methyl/N-ethyl adjacent to an activating group) is 1. The summed E-state index contributed by atoms with van der Waals surface area (Å²) < 4.78 is 5.66. The molecule has 0 saturated carbocycles. The molecule has 0 bridgehead atoms. The number of rotatable bonds is 4. The fourth-order valence-corrected chi connectivity index (χ4v) is 6.56. The van der Waals surface area contributed by atoms with Gasteiger partial charge in [-0.05, 0) is 70.7 Å². The molecule has 3 aliphatic rings. The summed E-state index contributed by atoms with van der Waals surface area (Å²) in [6, 6.07) is 14.5. The van der Waals surface area contributed by atoms with Crippen LogP contribution in [0.4, 0.5) is 23.1 Å². The SMILES string of the molecule is CN1CCc2c(cc(Nc3ncc(Cl)c(N4CC5(CC(=O)O5)c5ccccc54)n3)cc2-c2ccsc2)C1. The first-order valence-electron chi connectivity index (χ1n) is 12.2. The van der Waals surface area contributed by atoms with Gasteiger partial charge in [0.25, 0.3) is 0 Å². The van der Waals surface area contributed by atoms with Crippen LogP contribution in [-0.4, -0.2) is 41.0 Å². The van der Waals surface area contributed by atoms with Gasteiger partial charge >= 0.3 is 5.97 Å². The van der Waals surface area contributed by atoms with E-state index in [1.807, 2.05) is 29.2 Å². The smallest absolute Gasteiger partial charge is 0.311 e. The van der Waals surface area contributed by atoms with E-state index < -0.39 is 5.60 Å². The Morgan fingerprint density at radius 3 is 2.89 bits per heavy atom. The summed E-state index contributed by atoms with van der Waals surface area (Å²) in [5, 5.41) is 8.19. The second kappa shape index (κ2) is 8.55. The number of halogens is 1. The summed E-state index contributed by atoms with van der Waals surface area (Å²) in [5.74, 6) is 0.860. The molecular weight excluding hydrogens is 506 g/mol. The van der Waals surface area contributed by atoms with E-state index in [4.69, 9.17) is 21.3 Å². The average Bonchev–Trinajstić information content (AvgIpc) is 3.52. The predicted octanol–water partition coefficient (Wildman–Crippen LogP) is 5.88. The van der Waals surface area contributed by atoms with Crippen LogP contribution < -0.4 is 10.2 Å². The number of thiophene rings is 1. The number of nitrogens with one attached hydrogen (secondary N) is 1. The van der Waals surface area contributed by atoms with Gasteiger partial charge in [0.1, 0.15) is 5.02 Å². The molecule has 0 amide bonds. The Bertz CT molecular complexity index is 1530. The number of esters is 1. The second-order valence-corrected chi connectivity index (χ2v) is 11.1. The number of aromatic nitrogens is 2. The summed E-state index contributed by atoms with van der Waals surface area (Å²) in [4.78, 5) is 25.5. The third kappa shape index (κ3) is 3.79. The van der Waals surface area contributed by atoms with Gasteiger partial charge in [0.15, 0.2) is 11.4 Å². The summed E-state index contributed by atoms with van der Waals surface area (Å²) in [7, 11) is 2.15. The molecular formula is C28H24ClN5O2S. The van der Waals surface area contributed by atoms with Crippen LogP contribution in [0.2, 0.25) is 5.02 Å². The molecule has 1 spiro atoms. The quantitative estimate of drug-likeness (QED) is 0.331. The number of benzene rings is 2. The molecule has 2 aromatic heterocycles. The Morgan fingerprint density at radius 2 is 2.08 bits per heavy atom.